The maximum absolute atomic E-state index is 13.6. The molecule has 2 rings (SSSR count). The van der Waals surface area contributed by atoms with Crippen LogP contribution in [-0.2, 0) is 17.5 Å². The molecule has 2 aromatic rings. The van der Waals surface area contributed by atoms with Gasteiger partial charge in [0, 0.05) is 6.20 Å². The summed E-state index contributed by atoms with van der Waals surface area (Å²) in [5, 5.41) is 5.29. The van der Waals surface area contributed by atoms with Crippen LogP contribution in [-0.4, -0.2) is 15.7 Å². The van der Waals surface area contributed by atoms with E-state index >= 15 is 0 Å². The Labute approximate surface area is 129 Å². The molecule has 1 aromatic carbocycles. The van der Waals surface area contributed by atoms with Crippen molar-refractivity contribution >= 4 is 11.6 Å². The number of benzene rings is 1. The van der Waals surface area contributed by atoms with Crippen LogP contribution >= 0.6 is 0 Å². The minimum Gasteiger partial charge on any atom is -0.319 e. The van der Waals surface area contributed by atoms with E-state index in [1.165, 1.54) is 17.6 Å². The van der Waals surface area contributed by atoms with Gasteiger partial charge in [-0.15, -0.1) is 0 Å². The fraction of sp³-hybridized carbons (Fsp3) is 0.231. The number of nitrogens with one attached hydrogen (secondary N) is 1. The normalized spacial score (nSPS) is 11.7. The molecule has 4 nitrogen and oxygen atoms in total. The number of alkyl halides is 3. The van der Waals surface area contributed by atoms with E-state index in [0.29, 0.717) is 5.69 Å². The number of carbonyl (C=O) groups excluding carboxylic acids is 1. The van der Waals surface area contributed by atoms with Crippen molar-refractivity contribution in [2.45, 2.75) is 19.6 Å². The molecule has 1 heterocycles. The van der Waals surface area contributed by atoms with Crippen LogP contribution in [0.3, 0.4) is 0 Å². The predicted octanol–water partition coefficient (Wildman–Crippen LogP) is 3.41. The molecule has 24 heavy (non-hydrogen) atoms. The SMILES string of the molecule is Cc1ccn(CC(=O)Nc2c(F)c(F)c(C(F)(F)F)c(F)c2F)n1. The molecule has 0 bridgehead atoms. The molecule has 1 aromatic heterocycles. The minimum atomic E-state index is -5.65. The molecule has 1 N–H and O–H groups in total. The van der Waals surface area contributed by atoms with Gasteiger partial charge in [0.25, 0.3) is 0 Å². The second kappa shape index (κ2) is 6.13. The summed E-state index contributed by atoms with van der Waals surface area (Å²) in [4.78, 5) is 11.6. The van der Waals surface area contributed by atoms with Gasteiger partial charge in [0.15, 0.2) is 23.3 Å². The third-order valence-corrected chi connectivity index (χ3v) is 2.89. The standard InChI is InChI=1S/C13H8F7N3O/c1-5-2-3-23(22-5)4-6(24)21-12-10(16)8(14)7(13(18,19)20)9(15)11(12)17/h2-3H,4H2,1H3,(H,21,24). The average Bonchev–Trinajstić information content (AvgIpc) is 2.85. The predicted molar refractivity (Wildman–Crippen MR) is 66.9 cm³/mol. The van der Waals surface area contributed by atoms with Crippen LogP contribution in [0.25, 0.3) is 0 Å². The molecular weight excluding hydrogens is 347 g/mol. The number of halogens is 7. The van der Waals surface area contributed by atoms with Crippen LogP contribution in [0.1, 0.15) is 11.3 Å². The Bertz CT molecular complexity index is 769. The van der Waals surface area contributed by atoms with Gasteiger partial charge in [0.1, 0.15) is 17.8 Å². The zero-order chi connectivity index (χ0) is 18.2. The van der Waals surface area contributed by atoms with E-state index in [2.05, 4.69) is 5.10 Å². The van der Waals surface area contributed by atoms with E-state index in [0.717, 1.165) is 4.68 Å². The van der Waals surface area contributed by atoms with Crippen molar-refractivity contribution in [2.75, 3.05) is 5.32 Å². The molecule has 130 valence electrons. The van der Waals surface area contributed by atoms with E-state index in [9.17, 15) is 35.5 Å². The monoisotopic (exact) mass is 355 g/mol. The van der Waals surface area contributed by atoms with Crippen molar-refractivity contribution in [3.05, 3.63) is 46.8 Å². The van der Waals surface area contributed by atoms with Crippen molar-refractivity contribution in [1.82, 2.24) is 9.78 Å². The van der Waals surface area contributed by atoms with Gasteiger partial charge >= 0.3 is 6.18 Å². The molecule has 0 saturated heterocycles. The summed E-state index contributed by atoms with van der Waals surface area (Å²) < 4.78 is 92.4. The Morgan fingerprint density at radius 1 is 1.12 bits per heavy atom. The number of anilines is 1. The molecule has 0 unspecified atom stereocenters. The first-order valence-electron chi connectivity index (χ1n) is 6.25. The van der Waals surface area contributed by atoms with Crippen LogP contribution in [0.15, 0.2) is 12.3 Å². The molecular formula is C13H8F7N3O. The van der Waals surface area contributed by atoms with Gasteiger partial charge in [0.2, 0.25) is 5.91 Å². The summed E-state index contributed by atoms with van der Waals surface area (Å²) in [5.74, 6) is -11.1. The summed E-state index contributed by atoms with van der Waals surface area (Å²) in [7, 11) is 0. The van der Waals surface area contributed by atoms with Gasteiger partial charge in [-0.2, -0.15) is 18.3 Å². The zero-order valence-electron chi connectivity index (χ0n) is 11.8. The van der Waals surface area contributed by atoms with Gasteiger partial charge in [-0.1, -0.05) is 0 Å². The van der Waals surface area contributed by atoms with E-state index in [-0.39, 0.29) is 0 Å². The highest BCUT2D eigenvalue weighted by molar-refractivity contribution is 5.90. The number of amides is 1. The maximum Gasteiger partial charge on any atom is 0.422 e. The largest absolute Gasteiger partial charge is 0.422 e. The third kappa shape index (κ3) is 3.34. The Balaban J connectivity index is 2.36. The number of hydrogen-bond donors (Lipinski definition) is 1. The lowest BCUT2D eigenvalue weighted by Gasteiger charge is -2.14. The smallest absolute Gasteiger partial charge is 0.319 e. The van der Waals surface area contributed by atoms with Crippen LogP contribution in [0.4, 0.5) is 36.4 Å². The number of rotatable bonds is 3. The van der Waals surface area contributed by atoms with Gasteiger partial charge in [0.05, 0.1) is 5.69 Å². The van der Waals surface area contributed by atoms with Gasteiger partial charge in [-0.05, 0) is 13.0 Å². The summed E-state index contributed by atoms with van der Waals surface area (Å²) >= 11 is 0. The quantitative estimate of drug-likeness (QED) is 0.678. The van der Waals surface area contributed by atoms with E-state index in [1.54, 1.807) is 6.92 Å². The fourth-order valence-corrected chi connectivity index (χ4v) is 1.87. The third-order valence-electron chi connectivity index (χ3n) is 2.89. The molecule has 0 fully saturated rings. The first-order chi connectivity index (χ1) is 11.0. The second-order valence-corrected chi connectivity index (χ2v) is 4.71. The first kappa shape index (κ1) is 17.8. The molecule has 11 heteroatoms. The summed E-state index contributed by atoms with van der Waals surface area (Å²) in [6.45, 7) is 1.02. The van der Waals surface area contributed by atoms with Crippen molar-refractivity contribution in [1.29, 1.82) is 0 Å². The molecule has 0 saturated carbocycles. The van der Waals surface area contributed by atoms with E-state index in [4.69, 9.17) is 0 Å². The van der Waals surface area contributed by atoms with Gasteiger partial charge in [-0.25, -0.2) is 17.6 Å². The van der Waals surface area contributed by atoms with Gasteiger partial charge < -0.3 is 5.32 Å². The van der Waals surface area contributed by atoms with Crippen molar-refractivity contribution in [2.24, 2.45) is 0 Å². The van der Waals surface area contributed by atoms with E-state index < -0.39 is 53.1 Å². The second-order valence-electron chi connectivity index (χ2n) is 4.71. The van der Waals surface area contributed by atoms with Crippen molar-refractivity contribution in [3.63, 3.8) is 0 Å². The molecule has 0 aliphatic rings. The number of carbonyl (C=O) groups is 1. The maximum atomic E-state index is 13.6. The molecule has 0 aliphatic heterocycles. The van der Waals surface area contributed by atoms with Gasteiger partial charge in [-0.3, -0.25) is 9.48 Å². The average molecular weight is 355 g/mol. The zero-order valence-corrected chi connectivity index (χ0v) is 11.8. The molecule has 0 spiro atoms. The molecule has 0 radical (unpaired) electrons. The van der Waals surface area contributed by atoms with Crippen LogP contribution in [0, 0.1) is 30.2 Å². The lowest BCUT2D eigenvalue weighted by atomic mass is 10.1. The fourth-order valence-electron chi connectivity index (χ4n) is 1.87. The minimum absolute atomic E-state index is 0.520. The Morgan fingerprint density at radius 3 is 2.08 bits per heavy atom. The first-order valence-corrected chi connectivity index (χ1v) is 6.25. The Morgan fingerprint density at radius 2 is 1.67 bits per heavy atom. The highest BCUT2D eigenvalue weighted by Gasteiger charge is 2.42. The van der Waals surface area contributed by atoms with Crippen molar-refractivity contribution in [3.8, 4) is 0 Å². The topological polar surface area (TPSA) is 46.9 Å². The van der Waals surface area contributed by atoms with Crippen LogP contribution in [0.5, 0.6) is 0 Å². The lowest BCUT2D eigenvalue weighted by Crippen LogP contribution is -2.23. The lowest BCUT2D eigenvalue weighted by molar-refractivity contribution is -0.143. The number of hydrogen-bond acceptors (Lipinski definition) is 2. The van der Waals surface area contributed by atoms with E-state index in [1.807, 2.05) is 0 Å². The number of aryl methyl sites for hydroxylation is 1. The summed E-state index contributed by atoms with van der Waals surface area (Å²) in [5.41, 5.74) is -3.84. The Kier molecular flexibility index (Phi) is 4.54. The van der Waals surface area contributed by atoms with Crippen LogP contribution in [0.2, 0.25) is 0 Å². The molecule has 0 aliphatic carbocycles. The summed E-state index contributed by atoms with van der Waals surface area (Å²) in [6.07, 6.45) is -4.31. The number of aromatic nitrogens is 2. The highest BCUT2D eigenvalue weighted by atomic mass is 19.4. The molecule has 0 atom stereocenters. The summed E-state index contributed by atoms with van der Waals surface area (Å²) in [6, 6.07) is 1.51. The number of nitrogens with zero attached hydrogens (tertiary/aromatic N) is 2. The molecule has 1 amide bonds. The van der Waals surface area contributed by atoms with Crippen molar-refractivity contribution < 1.29 is 35.5 Å². The van der Waals surface area contributed by atoms with Crippen LogP contribution < -0.4 is 5.32 Å². The Hall–Kier alpha value is -2.59. The highest BCUT2D eigenvalue weighted by Crippen LogP contribution is 2.38.